The lowest BCUT2D eigenvalue weighted by molar-refractivity contribution is 0.0963. The summed E-state index contributed by atoms with van der Waals surface area (Å²) in [4.78, 5) is 20.2. The third-order valence-electron chi connectivity index (χ3n) is 4.37. The van der Waals surface area contributed by atoms with Crippen LogP contribution >= 0.6 is 0 Å². The van der Waals surface area contributed by atoms with E-state index in [2.05, 4.69) is 10.1 Å². The highest BCUT2D eigenvalue weighted by Crippen LogP contribution is 2.35. The smallest absolute Gasteiger partial charge is 0.299 e. The Balaban J connectivity index is 1.65. The molecule has 1 amide bonds. The summed E-state index contributed by atoms with van der Waals surface area (Å²) in [5.74, 6) is -2.62. The predicted octanol–water partition coefficient (Wildman–Crippen LogP) is 3.12. The van der Waals surface area contributed by atoms with E-state index in [4.69, 9.17) is 9.26 Å². The van der Waals surface area contributed by atoms with Crippen molar-refractivity contribution in [1.29, 1.82) is 0 Å². The molecule has 0 radical (unpaired) electrons. The van der Waals surface area contributed by atoms with Gasteiger partial charge in [-0.1, -0.05) is 11.2 Å². The number of carbonyl (C=O) groups excluding carboxylic acids is 1. The van der Waals surface area contributed by atoms with E-state index in [1.165, 1.54) is 17.0 Å². The minimum atomic E-state index is -1.11. The van der Waals surface area contributed by atoms with Crippen LogP contribution in [0.15, 0.2) is 40.9 Å². The number of benzene rings is 2. The topological polar surface area (TPSA) is 71.7 Å². The lowest BCUT2D eigenvalue weighted by Gasteiger charge is -2.29. The fourth-order valence-corrected chi connectivity index (χ4v) is 2.91. The zero-order valence-corrected chi connectivity index (χ0v) is 15.1. The molecule has 0 bridgehead atoms. The summed E-state index contributed by atoms with van der Waals surface area (Å²) in [6.07, 6.45) is 0. The summed E-state index contributed by atoms with van der Waals surface area (Å²) in [5, 5.41) is 3.64. The highest BCUT2D eigenvalue weighted by atomic mass is 19.2. The maximum absolute atomic E-state index is 13.9. The molecule has 1 aromatic heterocycles. The van der Waals surface area contributed by atoms with Crippen LogP contribution in [0, 0.1) is 11.6 Å². The molecule has 0 N–H and O–H groups in total. The lowest BCUT2D eigenvalue weighted by atomic mass is 10.2. The van der Waals surface area contributed by atoms with Crippen LogP contribution in [-0.4, -0.2) is 43.3 Å². The molecule has 0 saturated carbocycles. The summed E-state index contributed by atoms with van der Waals surface area (Å²) >= 11 is 0. The molecule has 0 spiro atoms. The SMILES string of the molecule is CN(C)c1ccc2c(c1)OCCN2C(=O)c1noc(-c2cccc(F)c2F)n1. The van der Waals surface area contributed by atoms with E-state index in [1.807, 2.05) is 31.1 Å². The van der Waals surface area contributed by atoms with Crippen molar-refractivity contribution in [2.75, 3.05) is 37.0 Å². The molecule has 1 aliphatic heterocycles. The number of anilines is 2. The predicted molar refractivity (Wildman–Crippen MR) is 97.6 cm³/mol. The number of carbonyl (C=O) groups is 1. The van der Waals surface area contributed by atoms with Crippen LogP contribution in [0.3, 0.4) is 0 Å². The van der Waals surface area contributed by atoms with Crippen molar-refractivity contribution >= 4 is 17.3 Å². The van der Waals surface area contributed by atoms with Crippen LogP contribution in [0.1, 0.15) is 10.6 Å². The summed E-state index contributed by atoms with van der Waals surface area (Å²) < 4.78 is 38.0. The van der Waals surface area contributed by atoms with Crippen LogP contribution in [-0.2, 0) is 0 Å². The molecule has 7 nitrogen and oxygen atoms in total. The number of hydrogen-bond donors (Lipinski definition) is 0. The summed E-state index contributed by atoms with van der Waals surface area (Å²) in [6, 6.07) is 9.06. The fourth-order valence-electron chi connectivity index (χ4n) is 2.91. The number of hydrogen-bond acceptors (Lipinski definition) is 6. The first-order valence-corrected chi connectivity index (χ1v) is 8.50. The average molecular weight is 386 g/mol. The van der Waals surface area contributed by atoms with Crippen molar-refractivity contribution in [3.8, 4) is 17.2 Å². The zero-order chi connectivity index (χ0) is 19.8. The third-order valence-corrected chi connectivity index (χ3v) is 4.37. The summed E-state index contributed by atoms with van der Waals surface area (Å²) in [6.45, 7) is 0.601. The summed E-state index contributed by atoms with van der Waals surface area (Å²) in [7, 11) is 3.81. The van der Waals surface area contributed by atoms with E-state index in [9.17, 15) is 13.6 Å². The van der Waals surface area contributed by atoms with Gasteiger partial charge in [-0.3, -0.25) is 9.69 Å². The minimum Gasteiger partial charge on any atom is -0.489 e. The molecular weight excluding hydrogens is 370 g/mol. The lowest BCUT2D eigenvalue weighted by Crippen LogP contribution is -2.38. The third kappa shape index (κ3) is 3.04. The van der Waals surface area contributed by atoms with Crippen molar-refractivity contribution in [3.63, 3.8) is 0 Å². The number of halogens is 2. The van der Waals surface area contributed by atoms with Crippen LogP contribution in [0.4, 0.5) is 20.2 Å². The second kappa shape index (κ2) is 6.91. The number of ether oxygens (including phenoxy) is 1. The Labute approximate surface area is 159 Å². The van der Waals surface area contributed by atoms with Crippen LogP contribution in [0.2, 0.25) is 0 Å². The van der Waals surface area contributed by atoms with E-state index in [0.717, 1.165) is 11.8 Å². The zero-order valence-electron chi connectivity index (χ0n) is 15.1. The molecule has 0 atom stereocenters. The van der Waals surface area contributed by atoms with Crippen molar-refractivity contribution in [1.82, 2.24) is 10.1 Å². The number of fused-ring (bicyclic) bond motifs is 1. The van der Waals surface area contributed by atoms with Gasteiger partial charge >= 0.3 is 0 Å². The molecule has 1 aliphatic rings. The van der Waals surface area contributed by atoms with Gasteiger partial charge in [-0.15, -0.1) is 0 Å². The van der Waals surface area contributed by atoms with Gasteiger partial charge in [0.2, 0.25) is 0 Å². The van der Waals surface area contributed by atoms with Crippen LogP contribution in [0.5, 0.6) is 5.75 Å². The van der Waals surface area contributed by atoms with Crippen molar-refractivity contribution in [3.05, 3.63) is 53.9 Å². The molecule has 2 heterocycles. The first-order valence-electron chi connectivity index (χ1n) is 8.50. The standard InChI is InChI=1S/C19H16F2N4O3/c1-24(2)11-6-7-14-15(10-11)27-9-8-25(14)19(26)17-22-18(28-23-17)12-4-3-5-13(20)16(12)21/h3-7,10H,8-9H2,1-2H3. The van der Waals surface area contributed by atoms with E-state index in [-0.39, 0.29) is 17.3 Å². The molecule has 3 aromatic rings. The van der Waals surface area contributed by atoms with Crippen molar-refractivity contribution < 1.29 is 22.8 Å². The second-order valence-electron chi connectivity index (χ2n) is 6.38. The number of nitrogens with zero attached hydrogens (tertiary/aromatic N) is 4. The fraction of sp³-hybridized carbons (Fsp3) is 0.211. The molecule has 0 saturated heterocycles. The molecular formula is C19H16F2N4O3. The minimum absolute atomic E-state index is 0.204. The van der Waals surface area contributed by atoms with Gasteiger partial charge in [0, 0.05) is 25.8 Å². The summed E-state index contributed by atoms with van der Waals surface area (Å²) in [5.41, 5.74) is 1.30. The normalized spacial score (nSPS) is 13.1. The second-order valence-corrected chi connectivity index (χ2v) is 6.38. The highest BCUT2D eigenvalue weighted by Gasteiger charge is 2.29. The van der Waals surface area contributed by atoms with Gasteiger partial charge in [0.15, 0.2) is 11.6 Å². The van der Waals surface area contributed by atoms with Gasteiger partial charge in [0.1, 0.15) is 12.4 Å². The van der Waals surface area contributed by atoms with Gasteiger partial charge in [-0.2, -0.15) is 4.98 Å². The molecule has 4 rings (SSSR count). The Hall–Kier alpha value is -3.49. The Morgan fingerprint density at radius 2 is 2.04 bits per heavy atom. The quantitative estimate of drug-likeness (QED) is 0.689. The molecule has 28 heavy (non-hydrogen) atoms. The number of amides is 1. The average Bonchev–Trinajstić information content (AvgIpc) is 3.18. The van der Waals surface area contributed by atoms with E-state index < -0.39 is 17.5 Å². The van der Waals surface area contributed by atoms with Crippen molar-refractivity contribution in [2.24, 2.45) is 0 Å². The molecule has 0 fully saturated rings. The van der Waals surface area contributed by atoms with E-state index >= 15 is 0 Å². The largest absolute Gasteiger partial charge is 0.489 e. The Morgan fingerprint density at radius 1 is 1.21 bits per heavy atom. The first kappa shape index (κ1) is 17.9. The van der Waals surface area contributed by atoms with Gasteiger partial charge in [0.25, 0.3) is 17.6 Å². The monoisotopic (exact) mass is 386 g/mol. The molecule has 0 aliphatic carbocycles. The first-order chi connectivity index (χ1) is 13.5. The van der Waals surface area contributed by atoms with Crippen molar-refractivity contribution in [2.45, 2.75) is 0 Å². The van der Waals surface area contributed by atoms with Gasteiger partial charge < -0.3 is 14.2 Å². The van der Waals surface area contributed by atoms with Crippen LogP contribution < -0.4 is 14.5 Å². The highest BCUT2D eigenvalue weighted by molar-refractivity contribution is 6.05. The molecule has 0 unspecified atom stereocenters. The van der Waals surface area contributed by atoms with Gasteiger partial charge in [0.05, 0.1) is 17.8 Å². The molecule has 9 heteroatoms. The maximum atomic E-state index is 13.9. The number of aromatic nitrogens is 2. The van der Waals surface area contributed by atoms with Gasteiger partial charge in [-0.25, -0.2) is 8.78 Å². The Bertz CT molecular complexity index is 1050. The molecule has 144 valence electrons. The number of rotatable bonds is 3. The Morgan fingerprint density at radius 3 is 2.82 bits per heavy atom. The maximum Gasteiger partial charge on any atom is 0.299 e. The Kier molecular flexibility index (Phi) is 4.42. The molecule has 2 aromatic carbocycles. The van der Waals surface area contributed by atoms with Crippen LogP contribution in [0.25, 0.3) is 11.5 Å². The van der Waals surface area contributed by atoms with E-state index in [0.29, 0.717) is 24.6 Å². The van der Waals surface area contributed by atoms with Gasteiger partial charge in [-0.05, 0) is 24.3 Å². The van der Waals surface area contributed by atoms with E-state index in [1.54, 1.807) is 6.07 Å².